The summed E-state index contributed by atoms with van der Waals surface area (Å²) in [7, 11) is 5.74. The molecule has 0 spiro atoms. The number of likely N-dealkylation sites (N-methyl/N-ethyl adjacent to an activating group) is 1. The number of carbonyl (C=O) groups excluding carboxylic acids is 1. The van der Waals surface area contributed by atoms with Gasteiger partial charge in [-0.15, -0.1) is 0 Å². The van der Waals surface area contributed by atoms with Gasteiger partial charge in [0.2, 0.25) is 0 Å². The second-order valence-corrected chi connectivity index (χ2v) is 5.83. The van der Waals surface area contributed by atoms with E-state index in [2.05, 4.69) is 25.9 Å². The molecular formula is C15H24N2O3. The third-order valence-electron chi connectivity index (χ3n) is 4.01. The molecule has 1 fully saturated rings. The average Bonchev–Trinajstić information content (AvgIpc) is 2.92. The monoisotopic (exact) mass is 280 g/mol. The third-order valence-corrected chi connectivity index (χ3v) is 4.01. The normalized spacial score (nSPS) is 22.8. The van der Waals surface area contributed by atoms with Crippen LogP contribution in [0.1, 0.15) is 28.8 Å². The molecule has 0 bridgehead atoms. The molecule has 0 aliphatic carbocycles. The lowest BCUT2D eigenvalue weighted by molar-refractivity contribution is 0.0779. The second kappa shape index (κ2) is 5.97. The number of aryl methyl sites for hydroxylation is 1. The molecule has 20 heavy (non-hydrogen) atoms. The van der Waals surface area contributed by atoms with Crippen LogP contribution < -0.4 is 0 Å². The first-order valence-electron chi connectivity index (χ1n) is 6.98. The van der Waals surface area contributed by atoms with Gasteiger partial charge in [-0.2, -0.15) is 0 Å². The Morgan fingerprint density at radius 3 is 2.75 bits per heavy atom. The Labute approximate surface area is 120 Å². The van der Waals surface area contributed by atoms with Crippen molar-refractivity contribution in [2.45, 2.75) is 26.5 Å². The van der Waals surface area contributed by atoms with Gasteiger partial charge >= 0.3 is 0 Å². The summed E-state index contributed by atoms with van der Waals surface area (Å²) in [6.45, 7) is 5.99. The zero-order valence-electron chi connectivity index (χ0n) is 13.0. The number of methoxy groups -OCH3 is 1. The number of amides is 1. The van der Waals surface area contributed by atoms with E-state index in [9.17, 15) is 4.79 Å². The van der Waals surface area contributed by atoms with Crippen LogP contribution in [0.15, 0.2) is 10.5 Å². The van der Waals surface area contributed by atoms with Crippen LogP contribution >= 0.6 is 0 Å². The summed E-state index contributed by atoms with van der Waals surface area (Å²) in [5, 5.41) is 0. The molecule has 5 nitrogen and oxygen atoms in total. The van der Waals surface area contributed by atoms with Gasteiger partial charge in [-0.25, -0.2) is 0 Å². The molecule has 0 radical (unpaired) electrons. The topological polar surface area (TPSA) is 45.9 Å². The SMILES string of the molecule is COCc1cc(C(=O)N2CC(C)C(N(C)C)C2)c(C)o1. The van der Waals surface area contributed by atoms with E-state index in [0.717, 1.165) is 13.1 Å². The number of rotatable bonds is 4. The lowest BCUT2D eigenvalue weighted by Gasteiger charge is -2.22. The summed E-state index contributed by atoms with van der Waals surface area (Å²) in [4.78, 5) is 16.7. The van der Waals surface area contributed by atoms with E-state index in [4.69, 9.17) is 9.15 Å². The van der Waals surface area contributed by atoms with E-state index >= 15 is 0 Å². The third kappa shape index (κ3) is 2.88. The van der Waals surface area contributed by atoms with Crippen LogP contribution in [0.5, 0.6) is 0 Å². The largest absolute Gasteiger partial charge is 0.463 e. The summed E-state index contributed by atoms with van der Waals surface area (Å²) < 4.78 is 10.6. The fourth-order valence-electron chi connectivity index (χ4n) is 2.93. The molecule has 1 aromatic heterocycles. The van der Waals surface area contributed by atoms with Gasteiger partial charge in [0.25, 0.3) is 5.91 Å². The number of ether oxygens (including phenoxy) is 1. The highest BCUT2D eigenvalue weighted by Crippen LogP contribution is 2.24. The molecule has 1 aliphatic heterocycles. The maximum Gasteiger partial charge on any atom is 0.257 e. The van der Waals surface area contributed by atoms with E-state index in [0.29, 0.717) is 35.7 Å². The molecular weight excluding hydrogens is 256 g/mol. The van der Waals surface area contributed by atoms with Crippen molar-refractivity contribution in [3.8, 4) is 0 Å². The predicted molar refractivity (Wildman–Crippen MR) is 76.7 cm³/mol. The highest BCUT2D eigenvalue weighted by Gasteiger charge is 2.35. The van der Waals surface area contributed by atoms with Crippen molar-refractivity contribution in [3.63, 3.8) is 0 Å². The molecule has 0 saturated carbocycles. The van der Waals surface area contributed by atoms with Crippen LogP contribution in [0.2, 0.25) is 0 Å². The maximum atomic E-state index is 12.6. The molecule has 0 aromatic carbocycles. The lowest BCUT2D eigenvalue weighted by Crippen LogP contribution is -2.35. The Kier molecular flexibility index (Phi) is 4.50. The first-order valence-corrected chi connectivity index (χ1v) is 6.98. The van der Waals surface area contributed by atoms with Crippen LogP contribution in [-0.4, -0.2) is 56.0 Å². The molecule has 2 heterocycles. The van der Waals surface area contributed by atoms with E-state index in [-0.39, 0.29) is 5.91 Å². The molecule has 1 saturated heterocycles. The molecule has 5 heteroatoms. The minimum absolute atomic E-state index is 0.0600. The number of likely N-dealkylation sites (tertiary alicyclic amines) is 1. The average molecular weight is 280 g/mol. The molecule has 2 unspecified atom stereocenters. The van der Waals surface area contributed by atoms with Crippen molar-refractivity contribution >= 4 is 5.91 Å². The first kappa shape index (κ1) is 15.1. The Hall–Kier alpha value is -1.33. The standard InChI is InChI=1S/C15H24N2O3/c1-10-7-17(8-14(10)16(3)4)15(18)13-6-12(9-19-5)20-11(13)2/h6,10,14H,7-9H2,1-5H3. The molecule has 2 rings (SSSR count). The fraction of sp³-hybridized carbons (Fsp3) is 0.667. The zero-order chi connectivity index (χ0) is 14.9. The highest BCUT2D eigenvalue weighted by atomic mass is 16.5. The van der Waals surface area contributed by atoms with Gasteiger partial charge in [0, 0.05) is 26.2 Å². The quantitative estimate of drug-likeness (QED) is 0.843. The fourth-order valence-corrected chi connectivity index (χ4v) is 2.93. The summed E-state index contributed by atoms with van der Waals surface area (Å²) >= 11 is 0. The van der Waals surface area contributed by atoms with Crippen LogP contribution in [0, 0.1) is 12.8 Å². The number of nitrogens with zero attached hydrogens (tertiary/aromatic N) is 2. The Bertz CT molecular complexity index is 481. The van der Waals surface area contributed by atoms with Gasteiger partial charge in [-0.1, -0.05) is 6.92 Å². The van der Waals surface area contributed by atoms with Crippen molar-refractivity contribution in [1.82, 2.24) is 9.80 Å². The van der Waals surface area contributed by atoms with Crippen LogP contribution in [0.4, 0.5) is 0 Å². The summed E-state index contributed by atoms with van der Waals surface area (Å²) in [5.74, 6) is 1.91. The number of carbonyl (C=O) groups is 1. The smallest absolute Gasteiger partial charge is 0.257 e. The van der Waals surface area contributed by atoms with Gasteiger partial charge in [0.05, 0.1) is 5.56 Å². The van der Waals surface area contributed by atoms with E-state index in [1.165, 1.54) is 0 Å². The molecule has 1 aromatic rings. The Morgan fingerprint density at radius 1 is 1.50 bits per heavy atom. The van der Waals surface area contributed by atoms with Gasteiger partial charge in [0.1, 0.15) is 18.1 Å². The van der Waals surface area contributed by atoms with Crippen LogP contribution in [-0.2, 0) is 11.3 Å². The summed E-state index contributed by atoms with van der Waals surface area (Å²) in [6.07, 6.45) is 0. The van der Waals surface area contributed by atoms with E-state index in [1.54, 1.807) is 13.2 Å². The van der Waals surface area contributed by atoms with Gasteiger partial charge < -0.3 is 19.0 Å². The number of furan rings is 1. The van der Waals surface area contributed by atoms with Gasteiger partial charge in [-0.3, -0.25) is 4.79 Å². The first-order chi connectivity index (χ1) is 9.43. The molecule has 0 N–H and O–H groups in total. The van der Waals surface area contributed by atoms with Gasteiger partial charge in [0.15, 0.2) is 0 Å². The minimum atomic E-state index is 0.0600. The lowest BCUT2D eigenvalue weighted by atomic mass is 10.1. The van der Waals surface area contributed by atoms with Crippen molar-refractivity contribution < 1.29 is 13.9 Å². The minimum Gasteiger partial charge on any atom is -0.463 e. The predicted octanol–water partition coefficient (Wildman–Crippen LogP) is 1.76. The van der Waals surface area contributed by atoms with Crippen molar-refractivity contribution in [2.75, 3.05) is 34.3 Å². The van der Waals surface area contributed by atoms with E-state index < -0.39 is 0 Å². The van der Waals surface area contributed by atoms with Crippen molar-refractivity contribution in [2.24, 2.45) is 5.92 Å². The van der Waals surface area contributed by atoms with Crippen LogP contribution in [0.3, 0.4) is 0 Å². The summed E-state index contributed by atoms with van der Waals surface area (Å²) in [6, 6.07) is 2.22. The Morgan fingerprint density at radius 2 is 2.20 bits per heavy atom. The Balaban J connectivity index is 2.12. The molecule has 1 amide bonds. The number of hydrogen-bond donors (Lipinski definition) is 0. The van der Waals surface area contributed by atoms with Crippen molar-refractivity contribution in [3.05, 3.63) is 23.2 Å². The van der Waals surface area contributed by atoms with Crippen molar-refractivity contribution in [1.29, 1.82) is 0 Å². The van der Waals surface area contributed by atoms with E-state index in [1.807, 2.05) is 11.8 Å². The van der Waals surface area contributed by atoms with Gasteiger partial charge in [-0.05, 0) is 33.0 Å². The molecule has 2 atom stereocenters. The zero-order valence-corrected chi connectivity index (χ0v) is 13.0. The summed E-state index contributed by atoms with van der Waals surface area (Å²) in [5.41, 5.74) is 0.656. The maximum absolute atomic E-state index is 12.6. The second-order valence-electron chi connectivity index (χ2n) is 5.83. The highest BCUT2D eigenvalue weighted by molar-refractivity contribution is 5.95. The molecule has 112 valence electrons. The molecule has 1 aliphatic rings. The number of hydrogen-bond acceptors (Lipinski definition) is 4. The van der Waals surface area contributed by atoms with Crippen LogP contribution in [0.25, 0.3) is 0 Å².